The van der Waals surface area contributed by atoms with Crippen molar-refractivity contribution in [2.45, 2.75) is 20.4 Å². The van der Waals surface area contributed by atoms with Gasteiger partial charge in [-0.25, -0.2) is 4.98 Å². The summed E-state index contributed by atoms with van der Waals surface area (Å²) in [5.74, 6) is 0.860. The summed E-state index contributed by atoms with van der Waals surface area (Å²) in [5, 5.41) is 0.808. The Labute approximate surface area is 129 Å². The number of aromatic nitrogens is 2. The van der Waals surface area contributed by atoms with E-state index in [1.54, 1.807) is 0 Å². The summed E-state index contributed by atoms with van der Waals surface area (Å²) in [6.45, 7) is 5.35. The van der Waals surface area contributed by atoms with Gasteiger partial charge in [0.25, 0.3) is 0 Å². The second-order valence-electron chi connectivity index (χ2n) is 5.15. The molecular formula is C17H17ClN2O. The normalized spacial score (nSPS) is 11.0. The molecule has 108 valence electrons. The van der Waals surface area contributed by atoms with Gasteiger partial charge in [0, 0.05) is 5.02 Å². The first-order valence-electron chi connectivity index (χ1n) is 6.94. The molecule has 0 atom stereocenters. The second-order valence-corrected chi connectivity index (χ2v) is 5.52. The molecule has 0 aliphatic carbocycles. The first kappa shape index (κ1) is 14.0. The molecule has 0 amide bonds. The van der Waals surface area contributed by atoms with Crippen LogP contribution < -0.4 is 4.74 Å². The highest BCUT2D eigenvalue weighted by Gasteiger charge is 2.05. The van der Waals surface area contributed by atoms with Crippen molar-refractivity contribution in [3.8, 4) is 5.75 Å². The molecule has 0 radical (unpaired) electrons. The molecular weight excluding hydrogens is 284 g/mol. The number of nitrogens with zero attached hydrogens (tertiary/aromatic N) is 2. The Morgan fingerprint density at radius 1 is 1.14 bits per heavy atom. The summed E-state index contributed by atoms with van der Waals surface area (Å²) < 4.78 is 7.94. The number of fused-ring (bicyclic) bond motifs is 1. The SMILES string of the molecule is Cc1cc(OCCn2cnc3ccccc32)cc(C)c1Cl. The van der Waals surface area contributed by atoms with Crippen LogP contribution in [0.3, 0.4) is 0 Å². The van der Waals surface area contributed by atoms with Crippen molar-refractivity contribution in [1.82, 2.24) is 9.55 Å². The van der Waals surface area contributed by atoms with E-state index in [1.165, 1.54) is 0 Å². The zero-order chi connectivity index (χ0) is 14.8. The smallest absolute Gasteiger partial charge is 0.120 e. The van der Waals surface area contributed by atoms with Gasteiger partial charge in [0.05, 0.1) is 23.9 Å². The highest BCUT2D eigenvalue weighted by atomic mass is 35.5. The molecule has 1 heterocycles. The topological polar surface area (TPSA) is 27.1 Å². The average Bonchev–Trinajstić information content (AvgIpc) is 2.88. The molecule has 3 rings (SSSR count). The molecule has 1 aromatic heterocycles. The Balaban J connectivity index is 1.69. The minimum absolute atomic E-state index is 0.598. The van der Waals surface area contributed by atoms with E-state index >= 15 is 0 Å². The van der Waals surface area contributed by atoms with Crippen molar-refractivity contribution in [2.75, 3.05) is 6.61 Å². The van der Waals surface area contributed by atoms with Crippen LogP contribution in [0.5, 0.6) is 5.75 Å². The van der Waals surface area contributed by atoms with Crippen LogP contribution in [0.2, 0.25) is 5.02 Å². The van der Waals surface area contributed by atoms with Crippen LogP contribution in [-0.2, 0) is 6.54 Å². The molecule has 0 fully saturated rings. The largest absolute Gasteiger partial charge is 0.492 e. The van der Waals surface area contributed by atoms with Crippen molar-refractivity contribution >= 4 is 22.6 Å². The lowest BCUT2D eigenvalue weighted by Crippen LogP contribution is -2.07. The number of ether oxygens (including phenoxy) is 1. The lowest BCUT2D eigenvalue weighted by Gasteiger charge is -2.10. The van der Waals surface area contributed by atoms with Crippen LogP contribution in [0.4, 0.5) is 0 Å². The highest BCUT2D eigenvalue weighted by Crippen LogP contribution is 2.25. The fraction of sp³-hybridized carbons (Fsp3) is 0.235. The monoisotopic (exact) mass is 300 g/mol. The van der Waals surface area contributed by atoms with E-state index in [0.29, 0.717) is 6.61 Å². The molecule has 2 aromatic carbocycles. The average molecular weight is 301 g/mol. The quantitative estimate of drug-likeness (QED) is 0.714. The van der Waals surface area contributed by atoms with Gasteiger partial charge < -0.3 is 9.30 Å². The Morgan fingerprint density at radius 2 is 1.86 bits per heavy atom. The van der Waals surface area contributed by atoms with Crippen LogP contribution in [0.15, 0.2) is 42.7 Å². The third kappa shape index (κ3) is 2.88. The number of benzene rings is 2. The number of hydrogen-bond donors (Lipinski definition) is 0. The van der Waals surface area contributed by atoms with Crippen molar-refractivity contribution in [1.29, 1.82) is 0 Å². The predicted octanol–water partition coefficient (Wildman–Crippen LogP) is 4.39. The molecule has 0 unspecified atom stereocenters. The minimum Gasteiger partial charge on any atom is -0.492 e. The van der Waals surface area contributed by atoms with Crippen LogP contribution in [-0.4, -0.2) is 16.2 Å². The van der Waals surface area contributed by atoms with E-state index < -0.39 is 0 Å². The maximum Gasteiger partial charge on any atom is 0.120 e. The lowest BCUT2D eigenvalue weighted by atomic mass is 10.1. The van der Waals surface area contributed by atoms with Crippen molar-refractivity contribution in [3.05, 3.63) is 58.9 Å². The third-order valence-corrected chi connectivity index (χ3v) is 4.13. The van der Waals surface area contributed by atoms with E-state index in [-0.39, 0.29) is 0 Å². The van der Waals surface area contributed by atoms with Crippen LogP contribution >= 0.6 is 11.6 Å². The van der Waals surface area contributed by atoms with Crippen LogP contribution in [0.1, 0.15) is 11.1 Å². The van der Waals surface area contributed by atoms with Gasteiger partial charge in [-0.05, 0) is 49.2 Å². The van der Waals surface area contributed by atoms with Gasteiger partial charge in [0.2, 0.25) is 0 Å². The first-order chi connectivity index (χ1) is 10.1. The maximum absolute atomic E-state index is 6.16. The van der Waals surface area contributed by atoms with Crippen molar-refractivity contribution in [2.24, 2.45) is 0 Å². The molecule has 0 aliphatic rings. The van der Waals surface area contributed by atoms with Gasteiger partial charge in [-0.2, -0.15) is 0 Å². The molecule has 0 spiro atoms. The van der Waals surface area contributed by atoms with Crippen LogP contribution in [0, 0.1) is 13.8 Å². The van der Waals surface area contributed by atoms with E-state index in [2.05, 4.69) is 15.6 Å². The zero-order valence-corrected chi connectivity index (χ0v) is 12.9. The predicted molar refractivity (Wildman–Crippen MR) is 86.2 cm³/mol. The number of hydrogen-bond acceptors (Lipinski definition) is 2. The Kier molecular flexibility index (Phi) is 3.84. The molecule has 4 heteroatoms. The van der Waals surface area contributed by atoms with Gasteiger partial charge in [-0.15, -0.1) is 0 Å². The molecule has 0 aliphatic heterocycles. The molecule has 0 saturated carbocycles. The van der Waals surface area contributed by atoms with E-state index in [4.69, 9.17) is 16.3 Å². The van der Waals surface area contributed by atoms with Gasteiger partial charge in [-0.1, -0.05) is 23.7 Å². The molecule has 3 nitrogen and oxygen atoms in total. The van der Waals surface area contributed by atoms with Gasteiger partial charge >= 0.3 is 0 Å². The number of halogens is 1. The molecule has 21 heavy (non-hydrogen) atoms. The lowest BCUT2D eigenvalue weighted by molar-refractivity contribution is 0.300. The van der Waals surface area contributed by atoms with E-state index in [0.717, 1.165) is 39.5 Å². The summed E-state index contributed by atoms with van der Waals surface area (Å²) >= 11 is 6.16. The standard InChI is InChI=1S/C17H17ClN2O/c1-12-9-14(10-13(2)17(12)18)21-8-7-20-11-19-15-5-3-4-6-16(15)20/h3-6,9-11H,7-8H2,1-2H3. The molecule has 0 bridgehead atoms. The Morgan fingerprint density at radius 3 is 2.62 bits per heavy atom. The Bertz CT molecular complexity index is 756. The third-order valence-electron chi connectivity index (χ3n) is 3.54. The van der Waals surface area contributed by atoms with Crippen molar-refractivity contribution in [3.63, 3.8) is 0 Å². The number of para-hydroxylation sites is 2. The zero-order valence-electron chi connectivity index (χ0n) is 12.1. The maximum atomic E-state index is 6.16. The summed E-state index contributed by atoms with van der Waals surface area (Å²) in [7, 11) is 0. The fourth-order valence-corrected chi connectivity index (χ4v) is 2.55. The van der Waals surface area contributed by atoms with E-state index in [9.17, 15) is 0 Å². The molecule has 0 saturated heterocycles. The number of imidazole rings is 1. The van der Waals surface area contributed by atoms with E-state index in [1.807, 2.05) is 50.5 Å². The molecule has 0 N–H and O–H groups in total. The summed E-state index contributed by atoms with van der Waals surface area (Å²) in [5.41, 5.74) is 4.22. The summed E-state index contributed by atoms with van der Waals surface area (Å²) in [6.07, 6.45) is 1.85. The summed E-state index contributed by atoms with van der Waals surface area (Å²) in [4.78, 5) is 4.37. The van der Waals surface area contributed by atoms with Gasteiger partial charge in [0.1, 0.15) is 12.4 Å². The number of aryl methyl sites for hydroxylation is 2. The Hall–Kier alpha value is -2.00. The highest BCUT2D eigenvalue weighted by molar-refractivity contribution is 6.32. The first-order valence-corrected chi connectivity index (χ1v) is 7.32. The minimum atomic E-state index is 0.598. The van der Waals surface area contributed by atoms with Gasteiger partial charge in [-0.3, -0.25) is 0 Å². The second kappa shape index (κ2) is 5.78. The van der Waals surface area contributed by atoms with Crippen molar-refractivity contribution < 1.29 is 4.74 Å². The molecule has 3 aromatic rings. The number of rotatable bonds is 4. The fourth-order valence-electron chi connectivity index (χ4n) is 2.44. The van der Waals surface area contributed by atoms with Gasteiger partial charge in [0.15, 0.2) is 0 Å². The summed E-state index contributed by atoms with van der Waals surface area (Å²) in [6, 6.07) is 12.0. The van der Waals surface area contributed by atoms with Crippen LogP contribution in [0.25, 0.3) is 11.0 Å².